The Kier molecular flexibility index (Phi) is 7.07. The van der Waals surface area contributed by atoms with Gasteiger partial charge in [0.25, 0.3) is 11.8 Å². The summed E-state index contributed by atoms with van der Waals surface area (Å²) in [5, 5.41) is 2.88. The van der Waals surface area contributed by atoms with Crippen molar-refractivity contribution >= 4 is 17.5 Å². The van der Waals surface area contributed by atoms with Gasteiger partial charge < -0.3 is 19.5 Å². The van der Waals surface area contributed by atoms with E-state index in [0.29, 0.717) is 35.2 Å². The van der Waals surface area contributed by atoms with Crippen LogP contribution < -0.4 is 10.1 Å². The Balaban J connectivity index is 1.31. The minimum Gasteiger partial charge on any atom is -0.486 e. The number of nitrogens with one attached hydrogen (secondary N) is 1. The molecule has 1 aromatic heterocycles. The fourth-order valence-corrected chi connectivity index (χ4v) is 4.12. The molecule has 0 atom stereocenters. The molecule has 0 radical (unpaired) electrons. The maximum Gasteiger partial charge on any atom is 0.255 e. The van der Waals surface area contributed by atoms with Crippen molar-refractivity contribution in [2.45, 2.75) is 44.8 Å². The molecule has 4 rings (SSSR count). The zero-order chi connectivity index (χ0) is 23.2. The van der Waals surface area contributed by atoms with Crippen molar-refractivity contribution in [3.63, 3.8) is 0 Å². The highest BCUT2D eigenvalue weighted by molar-refractivity contribution is 6.04. The van der Waals surface area contributed by atoms with Gasteiger partial charge in [0.15, 0.2) is 0 Å². The number of carbonyl (C=O) groups is 2. The summed E-state index contributed by atoms with van der Waals surface area (Å²) in [7, 11) is 3.80. The van der Waals surface area contributed by atoms with E-state index < -0.39 is 0 Å². The van der Waals surface area contributed by atoms with Crippen LogP contribution in [0.25, 0.3) is 0 Å². The predicted molar refractivity (Wildman–Crippen MR) is 127 cm³/mol. The number of hydrogen-bond donors (Lipinski definition) is 1. The number of nitrogens with zero attached hydrogens (tertiary/aromatic N) is 3. The molecule has 1 heterocycles. The summed E-state index contributed by atoms with van der Waals surface area (Å²) in [5.41, 5.74) is 1.80. The van der Waals surface area contributed by atoms with Crippen LogP contribution in [-0.2, 0) is 13.7 Å². The van der Waals surface area contributed by atoms with Gasteiger partial charge >= 0.3 is 0 Å². The molecule has 3 aromatic rings. The first-order chi connectivity index (χ1) is 16.0. The van der Waals surface area contributed by atoms with Gasteiger partial charge in [0, 0.05) is 49.3 Å². The van der Waals surface area contributed by atoms with Crippen molar-refractivity contribution in [3.05, 3.63) is 77.9 Å². The van der Waals surface area contributed by atoms with Crippen molar-refractivity contribution in [3.8, 4) is 5.75 Å². The Hall–Kier alpha value is -3.61. The monoisotopic (exact) mass is 446 g/mol. The summed E-state index contributed by atoms with van der Waals surface area (Å²) < 4.78 is 7.63. The molecule has 2 amide bonds. The van der Waals surface area contributed by atoms with Crippen molar-refractivity contribution in [2.24, 2.45) is 7.05 Å². The first kappa shape index (κ1) is 22.6. The van der Waals surface area contributed by atoms with Gasteiger partial charge in [-0.15, -0.1) is 0 Å². The summed E-state index contributed by atoms with van der Waals surface area (Å²) in [6.45, 7) is 0.357. The summed E-state index contributed by atoms with van der Waals surface area (Å²) >= 11 is 0. The highest BCUT2D eigenvalue weighted by atomic mass is 16.5. The van der Waals surface area contributed by atoms with E-state index in [9.17, 15) is 9.59 Å². The molecule has 33 heavy (non-hydrogen) atoms. The van der Waals surface area contributed by atoms with Crippen LogP contribution in [0.4, 0.5) is 5.69 Å². The summed E-state index contributed by atoms with van der Waals surface area (Å²) in [5.74, 6) is 1.30. The number of imidazole rings is 1. The van der Waals surface area contributed by atoms with Crippen LogP contribution in [0.15, 0.2) is 60.9 Å². The van der Waals surface area contributed by atoms with Crippen LogP contribution in [0, 0.1) is 0 Å². The van der Waals surface area contributed by atoms with E-state index in [0.717, 1.165) is 18.7 Å². The number of amides is 2. The molecule has 0 bridgehead atoms. The van der Waals surface area contributed by atoms with Crippen LogP contribution in [0.3, 0.4) is 0 Å². The molecule has 7 heteroatoms. The molecule has 0 unspecified atom stereocenters. The molecule has 1 aliphatic carbocycles. The zero-order valence-corrected chi connectivity index (χ0v) is 19.2. The molecule has 1 aliphatic rings. The van der Waals surface area contributed by atoms with E-state index in [1.165, 1.54) is 19.3 Å². The van der Waals surface area contributed by atoms with Crippen molar-refractivity contribution in [1.82, 2.24) is 14.5 Å². The fourth-order valence-electron chi connectivity index (χ4n) is 4.12. The van der Waals surface area contributed by atoms with E-state index in [1.54, 1.807) is 54.7 Å². The van der Waals surface area contributed by atoms with Gasteiger partial charge in [-0.1, -0.05) is 19.3 Å². The highest BCUT2D eigenvalue weighted by Crippen LogP contribution is 2.23. The second-order valence-electron chi connectivity index (χ2n) is 8.51. The second-order valence-corrected chi connectivity index (χ2v) is 8.51. The Morgan fingerprint density at radius 1 is 1.03 bits per heavy atom. The molecule has 1 fully saturated rings. The van der Waals surface area contributed by atoms with Gasteiger partial charge in [-0.2, -0.15) is 0 Å². The molecule has 7 nitrogen and oxygen atoms in total. The number of carbonyl (C=O) groups excluding carboxylic acids is 2. The fraction of sp³-hybridized carbons (Fsp3) is 0.346. The third-order valence-corrected chi connectivity index (χ3v) is 6.24. The van der Waals surface area contributed by atoms with Crippen LogP contribution >= 0.6 is 0 Å². The van der Waals surface area contributed by atoms with Crippen LogP contribution in [0.5, 0.6) is 5.75 Å². The number of aryl methyl sites for hydroxylation is 1. The zero-order valence-electron chi connectivity index (χ0n) is 19.2. The maximum absolute atomic E-state index is 12.8. The summed E-state index contributed by atoms with van der Waals surface area (Å²) in [4.78, 5) is 31.5. The van der Waals surface area contributed by atoms with E-state index in [1.807, 2.05) is 29.8 Å². The van der Waals surface area contributed by atoms with Gasteiger partial charge in [-0.05, 0) is 61.4 Å². The number of anilines is 1. The standard InChI is InChI=1S/C26H30N4O3/c1-29-17-16-27-24(29)18-33-23-14-10-19(11-15-23)25(31)28-21-12-8-20(9-13-21)26(32)30(2)22-6-4-3-5-7-22/h8-17,22H,3-7,18H2,1-2H3,(H,28,31). The predicted octanol–water partition coefficient (Wildman–Crippen LogP) is 4.66. The lowest BCUT2D eigenvalue weighted by Crippen LogP contribution is -2.38. The minimum atomic E-state index is -0.218. The molecule has 0 saturated heterocycles. The quantitative estimate of drug-likeness (QED) is 0.573. The third kappa shape index (κ3) is 5.61. The van der Waals surface area contributed by atoms with Gasteiger partial charge in [0.2, 0.25) is 0 Å². The number of benzene rings is 2. The number of ether oxygens (including phenoxy) is 1. The Labute approximate surface area is 194 Å². The van der Waals surface area contributed by atoms with E-state index in [2.05, 4.69) is 10.3 Å². The first-order valence-electron chi connectivity index (χ1n) is 11.4. The van der Waals surface area contributed by atoms with Crippen molar-refractivity contribution < 1.29 is 14.3 Å². The van der Waals surface area contributed by atoms with E-state index in [4.69, 9.17) is 4.74 Å². The van der Waals surface area contributed by atoms with Crippen molar-refractivity contribution in [1.29, 1.82) is 0 Å². The molecule has 172 valence electrons. The molecular weight excluding hydrogens is 416 g/mol. The SMILES string of the molecule is CN(C(=O)c1ccc(NC(=O)c2ccc(OCc3nccn3C)cc2)cc1)C1CCCCC1. The van der Waals surface area contributed by atoms with Gasteiger partial charge in [-0.3, -0.25) is 9.59 Å². The third-order valence-electron chi connectivity index (χ3n) is 6.24. The smallest absolute Gasteiger partial charge is 0.255 e. The average Bonchev–Trinajstić information content (AvgIpc) is 3.27. The topological polar surface area (TPSA) is 76.5 Å². The summed E-state index contributed by atoms with van der Waals surface area (Å²) in [6.07, 6.45) is 9.36. The van der Waals surface area contributed by atoms with Crippen LogP contribution in [0.1, 0.15) is 58.6 Å². The van der Waals surface area contributed by atoms with Gasteiger partial charge in [0.05, 0.1) is 0 Å². The van der Waals surface area contributed by atoms with Gasteiger partial charge in [-0.25, -0.2) is 4.98 Å². The molecule has 0 spiro atoms. The Morgan fingerprint density at radius 3 is 2.33 bits per heavy atom. The first-order valence-corrected chi connectivity index (χ1v) is 11.4. The molecule has 1 saturated carbocycles. The molecular formula is C26H30N4O3. The maximum atomic E-state index is 12.8. The Morgan fingerprint density at radius 2 is 1.70 bits per heavy atom. The minimum absolute atomic E-state index is 0.0286. The molecule has 2 aromatic carbocycles. The van der Waals surface area contributed by atoms with E-state index in [-0.39, 0.29) is 11.8 Å². The lowest BCUT2D eigenvalue weighted by atomic mass is 9.94. The Bertz CT molecular complexity index is 1080. The second kappa shape index (κ2) is 10.3. The van der Waals surface area contributed by atoms with E-state index >= 15 is 0 Å². The van der Waals surface area contributed by atoms with Crippen LogP contribution in [-0.4, -0.2) is 39.4 Å². The highest BCUT2D eigenvalue weighted by Gasteiger charge is 2.23. The lowest BCUT2D eigenvalue weighted by molar-refractivity contribution is 0.0696. The van der Waals surface area contributed by atoms with Crippen LogP contribution in [0.2, 0.25) is 0 Å². The normalized spacial score (nSPS) is 14.0. The molecule has 0 aliphatic heterocycles. The largest absolute Gasteiger partial charge is 0.486 e. The lowest BCUT2D eigenvalue weighted by Gasteiger charge is -2.31. The van der Waals surface area contributed by atoms with Gasteiger partial charge in [0.1, 0.15) is 18.2 Å². The number of aromatic nitrogens is 2. The summed E-state index contributed by atoms with van der Waals surface area (Å²) in [6, 6.07) is 14.4. The average molecular weight is 447 g/mol. The number of rotatable bonds is 7. The molecule has 1 N–H and O–H groups in total. The van der Waals surface area contributed by atoms with Crippen molar-refractivity contribution in [2.75, 3.05) is 12.4 Å². The number of hydrogen-bond acceptors (Lipinski definition) is 4.